The van der Waals surface area contributed by atoms with Crippen molar-refractivity contribution in [3.8, 4) is 0 Å². The molecule has 1 saturated carbocycles. The first-order valence-electron chi connectivity index (χ1n) is 3.92. The third kappa shape index (κ3) is 1.26. The molecule has 0 saturated heterocycles. The van der Waals surface area contributed by atoms with E-state index in [-0.39, 0.29) is 11.4 Å². The molecule has 0 radical (unpaired) electrons. The van der Waals surface area contributed by atoms with Gasteiger partial charge in [0.05, 0.1) is 5.56 Å². The minimum absolute atomic E-state index is 0.111. The number of pyridine rings is 1. The van der Waals surface area contributed by atoms with Crippen LogP contribution in [0.25, 0.3) is 0 Å². The summed E-state index contributed by atoms with van der Waals surface area (Å²) in [6.45, 7) is 0. The summed E-state index contributed by atoms with van der Waals surface area (Å²) in [5.41, 5.74) is -1.38. The molecular formula is C8H7FN2O2. The van der Waals surface area contributed by atoms with E-state index in [1.54, 1.807) is 0 Å². The van der Waals surface area contributed by atoms with Gasteiger partial charge in [0.25, 0.3) is 0 Å². The Labute approximate surface area is 73.6 Å². The van der Waals surface area contributed by atoms with Gasteiger partial charge in [-0.25, -0.2) is 4.39 Å². The number of nitrogens with zero attached hydrogens (tertiary/aromatic N) is 2. The second-order valence-electron chi connectivity index (χ2n) is 3.10. The maximum Gasteiger partial charge on any atom is 0.369 e. The average molecular weight is 182 g/mol. The minimum Gasteiger partial charge on any atom is -0.358 e. The van der Waals surface area contributed by atoms with Gasteiger partial charge in [-0.15, -0.1) is 0 Å². The first-order chi connectivity index (χ1) is 6.13. The molecule has 68 valence electrons. The molecule has 0 aromatic carbocycles. The monoisotopic (exact) mass is 182 g/mol. The maximum atomic E-state index is 13.5. The van der Waals surface area contributed by atoms with Crippen molar-refractivity contribution in [2.24, 2.45) is 0 Å². The molecule has 0 amide bonds. The molecule has 0 bridgehead atoms. The van der Waals surface area contributed by atoms with E-state index in [9.17, 15) is 14.5 Å². The summed E-state index contributed by atoms with van der Waals surface area (Å²) in [6.07, 6.45) is 2.02. The van der Waals surface area contributed by atoms with Crippen LogP contribution >= 0.6 is 0 Å². The lowest BCUT2D eigenvalue weighted by Crippen LogP contribution is -2.04. The lowest BCUT2D eigenvalue weighted by molar-refractivity contribution is -0.390. The van der Waals surface area contributed by atoms with Gasteiger partial charge in [0.15, 0.2) is 0 Å². The molecular weight excluding hydrogens is 175 g/mol. The van der Waals surface area contributed by atoms with E-state index in [1.807, 2.05) is 0 Å². The molecule has 0 N–H and O–H groups in total. The van der Waals surface area contributed by atoms with Gasteiger partial charge < -0.3 is 10.1 Å². The topological polar surface area (TPSA) is 56.0 Å². The molecule has 13 heavy (non-hydrogen) atoms. The first kappa shape index (κ1) is 8.10. The molecule has 1 aliphatic rings. The van der Waals surface area contributed by atoms with Crippen LogP contribution in [0.2, 0.25) is 0 Å². The van der Waals surface area contributed by atoms with Crippen molar-refractivity contribution in [2.75, 3.05) is 0 Å². The summed E-state index contributed by atoms with van der Waals surface area (Å²) in [5, 5.41) is 10.5. The highest BCUT2D eigenvalue weighted by Gasteiger charge is 2.49. The van der Waals surface area contributed by atoms with Crippen LogP contribution in [0.3, 0.4) is 0 Å². The Balaban J connectivity index is 2.50. The third-order valence-corrected chi connectivity index (χ3v) is 2.13. The molecule has 0 atom stereocenters. The van der Waals surface area contributed by atoms with E-state index in [2.05, 4.69) is 4.98 Å². The average Bonchev–Trinajstić information content (AvgIpc) is 2.85. The van der Waals surface area contributed by atoms with Gasteiger partial charge in [-0.1, -0.05) is 0 Å². The molecule has 5 heteroatoms. The highest BCUT2D eigenvalue weighted by atomic mass is 19.1. The number of hydrogen-bond acceptors (Lipinski definition) is 3. The van der Waals surface area contributed by atoms with Gasteiger partial charge >= 0.3 is 5.82 Å². The zero-order valence-electron chi connectivity index (χ0n) is 6.74. The lowest BCUT2D eigenvalue weighted by Gasteiger charge is -2.03. The summed E-state index contributed by atoms with van der Waals surface area (Å²) < 4.78 is 13.5. The number of halogens is 1. The fraction of sp³-hybridized carbons (Fsp3) is 0.375. The van der Waals surface area contributed by atoms with E-state index in [0.29, 0.717) is 12.8 Å². The van der Waals surface area contributed by atoms with E-state index < -0.39 is 10.6 Å². The van der Waals surface area contributed by atoms with Crippen LogP contribution in [0.4, 0.5) is 10.2 Å². The van der Waals surface area contributed by atoms with Gasteiger partial charge in [0, 0.05) is 0 Å². The van der Waals surface area contributed by atoms with Crippen LogP contribution in [0, 0.1) is 10.1 Å². The van der Waals surface area contributed by atoms with Gasteiger partial charge in [-0.2, -0.15) is 0 Å². The Kier molecular flexibility index (Phi) is 1.55. The summed E-state index contributed by atoms with van der Waals surface area (Å²) >= 11 is 0. The molecule has 4 nitrogen and oxygen atoms in total. The Morgan fingerprint density at radius 1 is 1.62 bits per heavy atom. The molecule has 1 fully saturated rings. The fourth-order valence-electron chi connectivity index (χ4n) is 1.27. The summed E-state index contributed by atoms with van der Waals surface area (Å²) in [4.78, 5) is 13.4. The number of aromatic nitrogens is 1. The minimum atomic E-state index is -1.49. The number of alkyl halides is 1. The predicted octanol–water partition coefficient (Wildman–Crippen LogP) is 1.95. The zero-order chi connectivity index (χ0) is 9.47. The van der Waals surface area contributed by atoms with Crippen molar-refractivity contribution < 1.29 is 9.31 Å². The lowest BCUT2D eigenvalue weighted by atomic mass is 10.1. The highest BCUT2D eigenvalue weighted by Crippen LogP contribution is 2.51. The molecule has 0 spiro atoms. The van der Waals surface area contributed by atoms with Crippen LogP contribution in [0.1, 0.15) is 18.4 Å². The van der Waals surface area contributed by atoms with Crippen molar-refractivity contribution in [2.45, 2.75) is 18.5 Å². The first-order valence-corrected chi connectivity index (χ1v) is 3.92. The second kappa shape index (κ2) is 2.48. The van der Waals surface area contributed by atoms with Crippen molar-refractivity contribution in [1.82, 2.24) is 4.98 Å². The molecule has 1 aliphatic carbocycles. The quantitative estimate of drug-likeness (QED) is 0.518. The van der Waals surface area contributed by atoms with Crippen LogP contribution < -0.4 is 0 Å². The Morgan fingerprint density at radius 3 is 2.85 bits per heavy atom. The summed E-state index contributed by atoms with van der Waals surface area (Å²) in [6, 6.07) is 2.94. The molecule has 2 rings (SSSR count). The van der Waals surface area contributed by atoms with Crippen molar-refractivity contribution in [3.63, 3.8) is 0 Å². The van der Waals surface area contributed by atoms with E-state index in [0.717, 1.165) is 0 Å². The van der Waals surface area contributed by atoms with Crippen molar-refractivity contribution >= 4 is 5.82 Å². The molecule has 0 unspecified atom stereocenters. The van der Waals surface area contributed by atoms with Crippen LogP contribution in [0.15, 0.2) is 18.3 Å². The van der Waals surface area contributed by atoms with Gasteiger partial charge in [0.1, 0.15) is 11.9 Å². The van der Waals surface area contributed by atoms with Crippen LogP contribution in [-0.4, -0.2) is 9.91 Å². The number of nitro groups is 1. The fourth-order valence-corrected chi connectivity index (χ4v) is 1.27. The molecule has 1 heterocycles. The molecule has 0 aliphatic heterocycles. The highest BCUT2D eigenvalue weighted by molar-refractivity contribution is 5.40. The Hall–Kier alpha value is -1.52. The SMILES string of the molecule is O=[N+]([O-])c1ncccc1C1(F)CC1. The number of hydrogen-bond donors (Lipinski definition) is 0. The van der Waals surface area contributed by atoms with Gasteiger partial charge in [-0.3, -0.25) is 0 Å². The Morgan fingerprint density at radius 2 is 2.31 bits per heavy atom. The molecule has 1 aromatic heterocycles. The van der Waals surface area contributed by atoms with E-state index >= 15 is 0 Å². The van der Waals surface area contributed by atoms with Gasteiger partial charge in [-0.05, 0) is 34.9 Å². The zero-order valence-corrected chi connectivity index (χ0v) is 6.74. The Bertz CT molecular complexity index is 363. The summed E-state index contributed by atoms with van der Waals surface area (Å²) in [5.74, 6) is -0.359. The third-order valence-electron chi connectivity index (χ3n) is 2.13. The van der Waals surface area contributed by atoms with E-state index in [1.165, 1.54) is 18.3 Å². The van der Waals surface area contributed by atoms with Gasteiger partial charge in [0.2, 0.25) is 0 Å². The predicted molar refractivity (Wildman–Crippen MR) is 42.9 cm³/mol. The van der Waals surface area contributed by atoms with Crippen molar-refractivity contribution in [1.29, 1.82) is 0 Å². The second-order valence-corrected chi connectivity index (χ2v) is 3.10. The smallest absolute Gasteiger partial charge is 0.358 e. The van der Waals surface area contributed by atoms with Crippen molar-refractivity contribution in [3.05, 3.63) is 34.0 Å². The number of rotatable bonds is 2. The standard InChI is InChI=1S/C8H7FN2O2/c9-8(3-4-8)6-2-1-5-10-7(6)11(12)13/h1-2,5H,3-4H2. The normalized spacial score (nSPS) is 18.2. The molecule has 1 aromatic rings. The maximum absolute atomic E-state index is 13.5. The summed E-state index contributed by atoms with van der Waals surface area (Å²) in [7, 11) is 0. The van der Waals surface area contributed by atoms with E-state index in [4.69, 9.17) is 0 Å². The van der Waals surface area contributed by atoms with Crippen LogP contribution in [0.5, 0.6) is 0 Å². The van der Waals surface area contributed by atoms with Crippen LogP contribution in [-0.2, 0) is 5.67 Å². The largest absolute Gasteiger partial charge is 0.369 e.